The van der Waals surface area contributed by atoms with Gasteiger partial charge in [0.1, 0.15) is 0 Å². The Morgan fingerprint density at radius 1 is 0.429 bits per heavy atom. The number of rotatable bonds is 24. The van der Waals surface area contributed by atoms with Gasteiger partial charge in [0.15, 0.2) is 0 Å². The second-order valence-electron chi connectivity index (χ2n) is 9.03. The predicted octanol–water partition coefficient (Wildman–Crippen LogP) is 8.33. The van der Waals surface area contributed by atoms with Gasteiger partial charge in [0, 0.05) is 6.61 Å². The molecule has 0 spiro atoms. The van der Waals surface area contributed by atoms with E-state index in [-0.39, 0.29) is 6.10 Å². The van der Waals surface area contributed by atoms with Crippen molar-refractivity contribution in [3.8, 4) is 0 Å². The molecule has 0 bridgehead atoms. The van der Waals surface area contributed by atoms with Crippen molar-refractivity contribution >= 4 is 0 Å². The summed E-state index contributed by atoms with van der Waals surface area (Å²) >= 11 is 0. The lowest BCUT2D eigenvalue weighted by Gasteiger charge is -2.10. The maximum atomic E-state index is 10.1. The molecule has 0 aliphatic heterocycles. The van der Waals surface area contributed by atoms with Gasteiger partial charge in [-0.25, -0.2) is 0 Å². The average Bonchev–Trinajstić information content (AvgIpc) is 2.70. The van der Waals surface area contributed by atoms with Gasteiger partial charge in [-0.2, -0.15) is 0 Å². The summed E-state index contributed by atoms with van der Waals surface area (Å²) in [5.41, 5.74) is 0. The molecule has 0 amide bonds. The first-order valence-electron chi connectivity index (χ1n) is 13.1. The highest BCUT2D eigenvalue weighted by Crippen LogP contribution is 2.16. The molecule has 0 saturated carbocycles. The summed E-state index contributed by atoms with van der Waals surface area (Å²) in [6.07, 6.45) is 29.8. The summed E-state index contributed by atoms with van der Waals surface area (Å²) in [7, 11) is 0. The van der Waals surface area contributed by atoms with Crippen LogP contribution in [0.2, 0.25) is 0 Å². The van der Waals surface area contributed by atoms with Crippen LogP contribution in [-0.4, -0.2) is 22.9 Å². The largest absolute Gasteiger partial charge is 0.396 e. The van der Waals surface area contributed by atoms with E-state index >= 15 is 0 Å². The maximum absolute atomic E-state index is 10.1. The Morgan fingerprint density at radius 3 is 1.04 bits per heavy atom. The van der Waals surface area contributed by atoms with E-state index in [4.69, 9.17) is 5.11 Å². The smallest absolute Gasteiger partial charge is 0.0540 e. The van der Waals surface area contributed by atoms with E-state index in [0.29, 0.717) is 6.61 Å². The van der Waals surface area contributed by atoms with E-state index in [9.17, 15) is 5.11 Å². The van der Waals surface area contributed by atoms with E-state index in [1.54, 1.807) is 0 Å². The minimum Gasteiger partial charge on any atom is -0.396 e. The Balaban J connectivity index is 3.12. The first-order valence-corrected chi connectivity index (χ1v) is 13.1. The Hall–Kier alpha value is -0.0800. The van der Waals surface area contributed by atoms with Gasteiger partial charge in [-0.1, -0.05) is 135 Å². The van der Waals surface area contributed by atoms with Crippen LogP contribution in [0.15, 0.2) is 0 Å². The molecule has 0 heterocycles. The number of hydrogen-bond donors (Lipinski definition) is 2. The Kier molecular flexibility index (Phi) is 24.9. The zero-order chi connectivity index (χ0) is 20.5. The van der Waals surface area contributed by atoms with E-state index in [0.717, 1.165) is 19.3 Å². The van der Waals surface area contributed by atoms with Gasteiger partial charge in [0.2, 0.25) is 0 Å². The Labute approximate surface area is 177 Å². The van der Waals surface area contributed by atoms with Crippen LogP contribution < -0.4 is 0 Å². The van der Waals surface area contributed by atoms with Gasteiger partial charge in [0.05, 0.1) is 6.10 Å². The van der Waals surface area contributed by atoms with Crippen LogP contribution in [-0.2, 0) is 0 Å². The minimum absolute atomic E-state index is 0.0508. The topological polar surface area (TPSA) is 40.5 Å². The van der Waals surface area contributed by atoms with Gasteiger partial charge in [0.25, 0.3) is 0 Å². The molecule has 2 heteroatoms. The van der Waals surface area contributed by atoms with Gasteiger partial charge in [-0.05, 0) is 19.3 Å². The molecule has 0 aromatic rings. The van der Waals surface area contributed by atoms with Crippen LogP contribution in [0.4, 0.5) is 0 Å². The summed E-state index contributed by atoms with van der Waals surface area (Å²) in [5.74, 6) is 0. The maximum Gasteiger partial charge on any atom is 0.0540 e. The summed E-state index contributed by atoms with van der Waals surface area (Å²) in [6.45, 7) is 2.63. The third-order valence-electron chi connectivity index (χ3n) is 6.09. The lowest BCUT2D eigenvalue weighted by Crippen LogP contribution is -2.05. The molecule has 170 valence electrons. The molecule has 2 nitrogen and oxygen atoms in total. The normalized spacial score (nSPS) is 12.5. The molecule has 1 atom stereocenters. The number of aliphatic hydroxyl groups is 2. The summed E-state index contributed by atoms with van der Waals surface area (Å²) < 4.78 is 0. The molecular formula is C26H54O2. The number of unbranched alkanes of at least 4 members (excludes halogenated alkanes) is 19. The van der Waals surface area contributed by atoms with Crippen molar-refractivity contribution in [3.63, 3.8) is 0 Å². The van der Waals surface area contributed by atoms with Crippen molar-refractivity contribution in [3.05, 3.63) is 0 Å². The molecule has 1 unspecified atom stereocenters. The summed E-state index contributed by atoms with van der Waals surface area (Å²) in [6, 6.07) is 0. The molecule has 0 fully saturated rings. The molecule has 0 aliphatic carbocycles. The monoisotopic (exact) mass is 398 g/mol. The van der Waals surface area contributed by atoms with Gasteiger partial charge in [-0.3, -0.25) is 0 Å². The van der Waals surface area contributed by atoms with E-state index in [1.165, 1.54) is 128 Å². The SMILES string of the molecule is CCCCCCCCCCCCCC(O)CCCCCCCCCCCCO. The quantitative estimate of drug-likeness (QED) is 0.160. The van der Waals surface area contributed by atoms with Crippen LogP contribution in [0.25, 0.3) is 0 Å². The molecular weight excluding hydrogens is 344 g/mol. The van der Waals surface area contributed by atoms with E-state index in [1.807, 2.05) is 0 Å². The zero-order valence-electron chi connectivity index (χ0n) is 19.4. The standard InChI is InChI=1S/C26H54O2/c1-2-3-4-5-6-7-8-11-14-17-20-23-26(28)24-21-18-15-12-9-10-13-16-19-22-25-27/h26-28H,2-25H2,1H3. The fourth-order valence-corrected chi connectivity index (χ4v) is 4.09. The first kappa shape index (κ1) is 27.9. The number of hydrogen-bond acceptors (Lipinski definition) is 2. The van der Waals surface area contributed by atoms with Crippen LogP contribution in [0.1, 0.15) is 155 Å². The minimum atomic E-state index is -0.0508. The van der Waals surface area contributed by atoms with Crippen molar-refractivity contribution in [2.24, 2.45) is 0 Å². The molecule has 0 radical (unpaired) electrons. The molecule has 0 rings (SSSR count). The lowest BCUT2D eigenvalue weighted by molar-refractivity contribution is 0.147. The van der Waals surface area contributed by atoms with Gasteiger partial charge < -0.3 is 10.2 Å². The van der Waals surface area contributed by atoms with Crippen molar-refractivity contribution < 1.29 is 10.2 Å². The Morgan fingerprint density at radius 2 is 0.714 bits per heavy atom. The molecule has 0 aromatic heterocycles. The molecule has 0 aromatic carbocycles. The van der Waals surface area contributed by atoms with Crippen LogP contribution in [0.3, 0.4) is 0 Å². The van der Waals surface area contributed by atoms with Crippen LogP contribution in [0, 0.1) is 0 Å². The summed E-state index contributed by atoms with van der Waals surface area (Å²) in [5, 5.41) is 18.9. The van der Waals surface area contributed by atoms with Crippen molar-refractivity contribution in [2.45, 2.75) is 161 Å². The van der Waals surface area contributed by atoms with Gasteiger partial charge in [-0.15, -0.1) is 0 Å². The predicted molar refractivity (Wildman–Crippen MR) is 125 cm³/mol. The highest BCUT2D eigenvalue weighted by molar-refractivity contribution is 4.58. The third kappa shape index (κ3) is 24.0. The third-order valence-corrected chi connectivity index (χ3v) is 6.09. The van der Waals surface area contributed by atoms with Crippen molar-refractivity contribution in [1.82, 2.24) is 0 Å². The van der Waals surface area contributed by atoms with E-state index in [2.05, 4.69) is 6.92 Å². The summed E-state index contributed by atoms with van der Waals surface area (Å²) in [4.78, 5) is 0. The number of aliphatic hydroxyl groups excluding tert-OH is 2. The van der Waals surface area contributed by atoms with Crippen LogP contribution >= 0.6 is 0 Å². The van der Waals surface area contributed by atoms with Crippen LogP contribution in [0.5, 0.6) is 0 Å². The van der Waals surface area contributed by atoms with Crippen molar-refractivity contribution in [2.75, 3.05) is 6.61 Å². The van der Waals surface area contributed by atoms with Crippen molar-refractivity contribution in [1.29, 1.82) is 0 Å². The highest BCUT2D eigenvalue weighted by Gasteiger charge is 2.03. The molecule has 0 aliphatic rings. The van der Waals surface area contributed by atoms with E-state index < -0.39 is 0 Å². The highest BCUT2D eigenvalue weighted by atomic mass is 16.3. The second kappa shape index (κ2) is 25.0. The molecule has 28 heavy (non-hydrogen) atoms. The Bertz CT molecular complexity index is 241. The fourth-order valence-electron chi connectivity index (χ4n) is 4.09. The molecule has 2 N–H and O–H groups in total. The fraction of sp³-hybridized carbons (Fsp3) is 1.00. The zero-order valence-corrected chi connectivity index (χ0v) is 19.4. The molecule has 0 saturated heterocycles. The average molecular weight is 399 g/mol. The van der Waals surface area contributed by atoms with Gasteiger partial charge >= 0.3 is 0 Å². The second-order valence-corrected chi connectivity index (χ2v) is 9.03. The first-order chi connectivity index (χ1) is 13.8. The lowest BCUT2D eigenvalue weighted by atomic mass is 10.0.